The van der Waals surface area contributed by atoms with E-state index >= 15 is 0 Å². The molecule has 154 valence electrons. The lowest BCUT2D eigenvalue weighted by Crippen LogP contribution is -2.38. The van der Waals surface area contributed by atoms with Gasteiger partial charge in [-0.25, -0.2) is 9.67 Å². The zero-order chi connectivity index (χ0) is 19.6. The first-order chi connectivity index (χ1) is 13.8. The first kappa shape index (κ1) is 22.7. The molecule has 0 radical (unpaired) electrons. The van der Waals surface area contributed by atoms with Crippen LogP contribution in [-0.4, -0.2) is 35.9 Å². The van der Waals surface area contributed by atoms with Crippen molar-refractivity contribution in [2.24, 2.45) is 4.99 Å². The SMILES string of the molecule is CCNC(=NCc1cccc(-n2cccn2)c1)NCCc1ccc(OC)cc1.I. The van der Waals surface area contributed by atoms with Crippen molar-refractivity contribution in [2.75, 3.05) is 20.2 Å². The fourth-order valence-corrected chi connectivity index (χ4v) is 2.85. The molecule has 0 spiro atoms. The normalized spacial score (nSPS) is 10.9. The highest BCUT2D eigenvalue weighted by Gasteiger charge is 2.01. The third kappa shape index (κ3) is 7.08. The van der Waals surface area contributed by atoms with Crippen LogP contribution in [0.5, 0.6) is 5.75 Å². The molecule has 3 rings (SSSR count). The van der Waals surface area contributed by atoms with Gasteiger partial charge in [0, 0.05) is 25.5 Å². The van der Waals surface area contributed by atoms with E-state index in [-0.39, 0.29) is 24.0 Å². The van der Waals surface area contributed by atoms with Gasteiger partial charge in [-0.2, -0.15) is 5.10 Å². The number of aromatic nitrogens is 2. The molecule has 0 fully saturated rings. The summed E-state index contributed by atoms with van der Waals surface area (Å²) in [6.07, 6.45) is 4.64. The van der Waals surface area contributed by atoms with E-state index in [0.29, 0.717) is 6.54 Å². The summed E-state index contributed by atoms with van der Waals surface area (Å²) in [4.78, 5) is 4.71. The lowest BCUT2D eigenvalue weighted by atomic mass is 10.1. The third-order valence-electron chi connectivity index (χ3n) is 4.31. The van der Waals surface area contributed by atoms with E-state index in [2.05, 4.69) is 46.9 Å². The number of rotatable bonds is 8. The largest absolute Gasteiger partial charge is 0.497 e. The Morgan fingerprint density at radius 3 is 2.59 bits per heavy atom. The van der Waals surface area contributed by atoms with Gasteiger partial charge in [-0.3, -0.25) is 0 Å². The van der Waals surface area contributed by atoms with E-state index in [1.54, 1.807) is 13.3 Å². The number of aliphatic imine (C=N–C) groups is 1. The summed E-state index contributed by atoms with van der Waals surface area (Å²) in [6, 6.07) is 18.3. The Morgan fingerprint density at radius 1 is 1.07 bits per heavy atom. The molecule has 0 aliphatic rings. The second-order valence-corrected chi connectivity index (χ2v) is 6.34. The minimum absolute atomic E-state index is 0. The standard InChI is InChI=1S/C22H27N5O.HI/c1-3-23-22(24-14-12-18-8-10-21(28-2)11-9-18)25-17-19-6-4-7-20(16-19)27-15-5-13-26-27;/h4-11,13,15-16H,3,12,14,17H2,1-2H3,(H2,23,24,25);1H. The second kappa shape index (κ2) is 12.1. The van der Waals surface area contributed by atoms with Crippen LogP contribution in [-0.2, 0) is 13.0 Å². The van der Waals surface area contributed by atoms with Gasteiger partial charge in [0.05, 0.1) is 19.3 Å². The van der Waals surface area contributed by atoms with Crippen LogP contribution in [0.25, 0.3) is 5.69 Å². The van der Waals surface area contributed by atoms with Crippen LogP contribution < -0.4 is 15.4 Å². The van der Waals surface area contributed by atoms with Gasteiger partial charge >= 0.3 is 0 Å². The molecule has 1 aromatic heterocycles. The second-order valence-electron chi connectivity index (χ2n) is 6.34. The van der Waals surface area contributed by atoms with Crippen LogP contribution in [0.3, 0.4) is 0 Å². The zero-order valence-electron chi connectivity index (χ0n) is 16.8. The number of halogens is 1. The summed E-state index contributed by atoms with van der Waals surface area (Å²) < 4.78 is 7.05. The van der Waals surface area contributed by atoms with Gasteiger partial charge < -0.3 is 15.4 Å². The molecule has 29 heavy (non-hydrogen) atoms. The van der Waals surface area contributed by atoms with Crippen LogP contribution in [0.4, 0.5) is 0 Å². The van der Waals surface area contributed by atoms with Gasteiger partial charge in [0.15, 0.2) is 5.96 Å². The molecular formula is C22H28IN5O. The van der Waals surface area contributed by atoms with E-state index in [1.165, 1.54) is 5.56 Å². The van der Waals surface area contributed by atoms with Crippen LogP contribution in [0.15, 0.2) is 72.0 Å². The average molecular weight is 505 g/mol. The highest BCUT2D eigenvalue weighted by atomic mass is 127. The molecule has 2 aromatic carbocycles. The van der Waals surface area contributed by atoms with Gasteiger partial charge in [0.2, 0.25) is 0 Å². The predicted octanol–water partition coefficient (Wildman–Crippen LogP) is 3.80. The number of guanidine groups is 1. The first-order valence-corrected chi connectivity index (χ1v) is 9.52. The van der Waals surface area contributed by atoms with Gasteiger partial charge in [0.25, 0.3) is 0 Å². The fourth-order valence-electron chi connectivity index (χ4n) is 2.85. The molecule has 0 aliphatic heterocycles. The monoisotopic (exact) mass is 505 g/mol. The van der Waals surface area contributed by atoms with E-state index in [1.807, 2.05) is 41.2 Å². The lowest BCUT2D eigenvalue weighted by Gasteiger charge is -2.12. The van der Waals surface area contributed by atoms with Crippen molar-refractivity contribution < 1.29 is 4.74 Å². The average Bonchev–Trinajstić information content (AvgIpc) is 3.28. The van der Waals surface area contributed by atoms with Crippen molar-refractivity contribution in [1.29, 1.82) is 0 Å². The summed E-state index contributed by atoms with van der Waals surface area (Å²) in [5, 5.41) is 11.0. The van der Waals surface area contributed by atoms with E-state index in [0.717, 1.165) is 42.5 Å². The van der Waals surface area contributed by atoms with Gasteiger partial charge in [-0.05, 0) is 54.8 Å². The summed E-state index contributed by atoms with van der Waals surface area (Å²) in [6.45, 7) is 4.30. The Bertz CT molecular complexity index is 878. The molecule has 3 aromatic rings. The number of nitrogens with one attached hydrogen (secondary N) is 2. The molecule has 2 N–H and O–H groups in total. The summed E-state index contributed by atoms with van der Waals surface area (Å²) >= 11 is 0. The molecule has 7 heteroatoms. The predicted molar refractivity (Wildman–Crippen MR) is 128 cm³/mol. The number of nitrogens with zero attached hydrogens (tertiary/aromatic N) is 3. The summed E-state index contributed by atoms with van der Waals surface area (Å²) in [5.41, 5.74) is 3.44. The smallest absolute Gasteiger partial charge is 0.191 e. The number of hydrogen-bond acceptors (Lipinski definition) is 3. The van der Waals surface area contributed by atoms with Crippen LogP contribution in [0.1, 0.15) is 18.1 Å². The topological polar surface area (TPSA) is 63.5 Å². The van der Waals surface area contributed by atoms with Crippen molar-refractivity contribution in [2.45, 2.75) is 19.9 Å². The van der Waals surface area contributed by atoms with Gasteiger partial charge in [0.1, 0.15) is 5.75 Å². The first-order valence-electron chi connectivity index (χ1n) is 9.52. The Kier molecular flexibility index (Phi) is 9.49. The maximum Gasteiger partial charge on any atom is 0.191 e. The molecule has 0 aliphatic carbocycles. The Morgan fingerprint density at radius 2 is 1.90 bits per heavy atom. The van der Waals surface area contributed by atoms with Crippen LogP contribution in [0.2, 0.25) is 0 Å². The molecule has 0 saturated heterocycles. The number of ether oxygens (including phenoxy) is 1. The van der Waals surface area contributed by atoms with Crippen LogP contribution in [0, 0.1) is 0 Å². The van der Waals surface area contributed by atoms with Crippen molar-refractivity contribution in [3.05, 3.63) is 78.1 Å². The van der Waals surface area contributed by atoms with E-state index in [4.69, 9.17) is 9.73 Å². The molecule has 6 nitrogen and oxygen atoms in total. The van der Waals surface area contributed by atoms with Crippen molar-refractivity contribution in [3.63, 3.8) is 0 Å². The molecular weight excluding hydrogens is 477 g/mol. The third-order valence-corrected chi connectivity index (χ3v) is 4.31. The summed E-state index contributed by atoms with van der Waals surface area (Å²) in [5.74, 6) is 1.70. The lowest BCUT2D eigenvalue weighted by molar-refractivity contribution is 0.414. The maximum atomic E-state index is 5.20. The molecule has 0 unspecified atom stereocenters. The maximum absolute atomic E-state index is 5.20. The fraction of sp³-hybridized carbons (Fsp3) is 0.273. The van der Waals surface area contributed by atoms with Crippen molar-refractivity contribution in [1.82, 2.24) is 20.4 Å². The number of methoxy groups -OCH3 is 1. The minimum atomic E-state index is 0. The van der Waals surface area contributed by atoms with Crippen molar-refractivity contribution in [3.8, 4) is 11.4 Å². The highest BCUT2D eigenvalue weighted by molar-refractivity contribution is 14.0. The van der Waals surface area contributed by atoms with Gasteiger partial charge in [-0.15, -0.1) is 24.0 Å². The molecule has 1 heterocycles. The number of benzene rings is 2. The molecule has 0 amide bonds. The zero-order valence-corrected chi connectivity index (χ0v) is 19.2. The van der Waals surface area contributed by atoms with E-state index < -0.39 is 0 Å². The minimum Gasteiger partial charge on any atom is -0.497 e. The van der Waals surface area contributed by atoms with Gasteiger partial charge in [-0.1, -0.05) is 24.3 Å². The quantitative estimate of drug-likeness (QED) is 0.278. The van der Waals surface area contributed by atoms with Crippen molar-refractivity contribution >= 4 is 29.9 Å². The van der Waals surface area contributed by atoms with E-state index in [9.17, 15) is 0 Å². The summed E-state index contributed by atoms with van der Waals surface area (Å²) in [7, 11) is 1.68. The molecule has 0 bridgehead atoms. The Labute approximate surface area is 189 Å². The number of hydrogen-bond donors (Lipinski definition) is 2. The van der Waals surface area contributed by atoms with Crippen LogP contribution >= 0.6 is 24.0 Å². The molecule has 0 atom stereocenters. The molecule has 0 saturated carbocycles. The Hall–Kier alpha value is -2.55. The highest BCUT2D eigenvalue weighted by Crippen LogP contribution is 2.12. The Balaban J connectivity index is 0.00000300.